The Labute approximate surface area is 186 Å². The van der Waals surface area contributed by atoms with Crippen molar-refractivity contribution in [2.45, 2.75) is 26.3 Å². The van der Waals surface area contributed by atoms with Crippen molar-refractivity contribution in [3.05, 3.63) is 89.1 Å². The summed E-state index contributed by atoms with van der Waals surface area (Å²) in [5.74, 6) is -1.34. The van der Waals surface area contributed by atoms with Crippen LogP contribution in [0.15, 0.2) is 72.3 Å². The van der Waals surface area contributed by atoms with Gasteiger partial charge >= 0.3 is 0 Å². The van der Waals surface area contributed by atoms with Crippen molar-refractivity contribution in [2.75, 3.05) is 6.54 Å². The van der Waals surface area contributed by atoms with Gasteiger partial charge in [0, 0.05) is 34.3 Å². The molecule has 1 aromatic heterocycles. The number of aromatic amines is 1. The summed E-state index contributed by atoms with van der Waals surface area (Å²) in [5.41, 5.74) is 3.37. The number of nitrogens with one attached hydrogen (secondary N) is 1. The van der Waals surface area contributed by atoms with Crippen LogP contribution in [0.2, 0.25) is 0 Å². The number of Topliss-reactive ketones (excluding diaryl/α,β-unsaturated/α-hetero) is 1. The van der Waals surface area contributed by atoms with Crippen molar-refractivity contribution in [2.24, 2.45) is 0 Å². The molecule has 0 bridgehead atoms. The lowest BCUT2D eigenvalue weighted by Crippen LogP contribution is -2.30. The molecular formula is C27H24N2O3. The lowest BCUT2D eigenvalue weighted by Gasteiger charge is -2.25. The monoisotopic (exact) mass is 424 g/mol. The minimum absolute atomic E-state index is 0.131. The number of likely N-dealkylation sites (tertiary alicyclic amines) is 1. The first-order chi connectivity index (χ1) is 15.5. The lowest BCUT2D eigenvalue weighted by molar-refractivity contribution is -0.139. The Kier molecular flexibility index (Phi) is 4.82. The summed E-state index contributed by atoms with van der Waals surface area (Å²) in [6.07, 6.45) is 0.708. The Morgan fingerprint density at radius 1 is 0.969 bits per heavy atom. The molecule has 0 aliphatic carbocycles. The molecule has 4 aromatic rings. The van der Waals surface area contributed by atoms with Crippen LogP contribution in [-0.2, 0) is 9.59 Å². The van der Waals surface area contributed by atoms with Gasteiger partial charge in [0.05, 0.1) is 11.6 Å². The number of amides is 1. The third-order valence-corrected chi connectivity index (χ3v) is 6.27. The molecular weight excluding hydrogens is 400 g/mol. The van der Waals surface area contributed by atoms with Gasteiger partial charge in [0.15, 0.2) is 0 Å². The fourth-order valence-corrected chi connectivity index (χ4v) is 4.88. The molecule has 160 valence electrons. The molecule has 2 N–H and O–H groups in total. The number of fused-ring (bicyclic) bond motifs is 2. The summed E-state index contributed by atoms with van der Waals surface area (Å²) in [6.45, 7) is 4.35. The molecule has 1 saturated heterocycles. The van der Waals surface area contributed by atoms with Gasteiger partial charge < -0.3 is 15.0 Å². The van der Waals surface area contributed by atoms with E-state index in [4.69, 9.17) is 0 Å². The first kappa shape index (κ1) is 20.1. The highest BCUT2D eigenvalue weighted by molar-refractivity contribution is 6.47. The number of aliphatic hydroxyl groups excluding tert-OH is 1. The minimum atomic E-state index is -0.648. The third-order valence-electron chi connectivity index (χ3n) is 6.27. The minimum Gasteiger partial charge on any atom is -0.507 e. The van der Waals surface area contributed by atoms with E-state index in [0.29, 0.717) is 18.5 Å². The summed E-state index contributed by atoms with van der Waals surface area (Å²) in [7, 11) is 0. The first-order valence-corrected chi connectivity index (χ1v) is 10.9. The number of aromatic nitrogens is 1. The maximum atomic E-state index is 13.3. The standard InChI is InChI=1S/C27H24N2O3/c1-3-15-29-24(22-16(2)28-21-14-7-6-12-20(21)22)23(26(31)27(29)32)25(30)19-13-8-10-17-9-4-5-11-18(17)19/h4-14,24,28,30H,3,15H2,1-2H3/b25-23+. The number of carbonyl (C=O) groups is 2. The van der Waals surface area contributed by atoms with Gasteiger partial charge in [-0.25, -0.2) is 0 Å². The Bertz CT molecular complexity index is 1410. The van der Waals surface area contributed by atoms with Gasteiger partial charge in [-0.1, -0.05) is 67.6 Å². The number of ketones is 1. The van der Waals surface area contributed by atoms with E-state index in [1.807, 2.05) is 74.5 Å². The quantitative estimate of drug-likeness (QED) is 0.259. The molecule has 1 aliphatic heterocycles. The topological polar surface area (TPSA) is 73.4 Å². The molecule has 1 unspecified atom stereocenters. The van der Waals surface area contributed by atoms with Gasteiger partial charge in [0.2, 0.25) is 0 Å². The third kappa shape index (κ3) is 2.93. The molecule has 0 saturated carbocycles. The van der Waals surface area contributed by atoms with Gasteiger partial charge in [0.25, 0.3) is 11.7 Å². The first-order valence-electron chi connectivity index (χ1n) is 10.9. The summed E-state index contributed by atoms with van der Waals surface area (Å²) in [6, 6.07) is 20.5. The number of para-hydroxylation sites is 1. The van der Waals surface area contributed by atoms with Crippen LogP contribution >= 0.6 is 0 Å². The second-order valence-corrected chi connectivity index (χ2v) is 8.23. The molecule has 3 aromatic carbocycles. The van der Waals surface area contributed by atoms with Crippen LogP contribution in [0.25, 0.3) is 27.4 Å². The zero-order chi connectivity index (χ0) is 22.4. The number of hydrogen-bond donors (Lipinski definition) is 2. The van der Waals surface area contributed by atoms with E-state index in [2.05, 4.69) is 4.98 Å². The molecule has 1 aliphatic rings. The molecule has 0 spiro atoms. The van der Waals surface area contributed by atoms with Crippen LogP contribution in [0.3, 0.4) is 0 Å². The molecule has 1 fully saturated rings. The fourth-order valence-electron chi connectivity index (χ4n) is 4.88. The SMILES string of the molecule is CCCN1C(=O)C(=O)/C(=C(/O)c2cccc3ccccc23)C1c1c(C)[nH]c2ccccc12. The van der Waals surface area contributed by atoms with E-state index in [1.54, 1.807) is 11.0 Å². The van der Waals surface area contributed by atoms with E-state index in [1.165, 1.54) is 0 Å². The predicted molar refractivity (Wildman–Crippen MR) is 126 cm³/mol. The van der Waals surface area contributed by atoms with Crippen LogP contribution < -0.4 is 0 Å². The van der Waals surface area contributed by atoms with Gasteiger partial charge in [-0.3, -0.25) is 9.59 Å². The van der Waals surface area contributed by atoms with E-state index in [-0.39, 0.29) is 11.3 Å². The van der Waals surface area contributed by atoms with Gasteiger partial charge in [-0.2, -0.15) is 0 Å². The van der Waals surface area contributed by atoms with Crippen molar-refractivity contribution in [1.82, 2.24) is 9.88 Å². The highest BCUT2D eigenvalue weighted by Gasteiger charge is 2.47. The molecule has 5 heteroatoms. The van der Waals surface area contributed by atoms with Crippen LogP contribution in [-0.4, -0.2) is 33.2 Å². The normalized spacial score (nSPS) is 18.2. The Morgan fingerprint density at radius 3 is 2.44 bits per heavy atom. The average Bonchev–Trinajstić information content (AvgIpc) is 3.26. The fraction of sp³-hybridized carbons (Fsp3) is 0.185. The highest BCUT2D eigenvalue weighted by Crippen LogP contribution is 2.44. The van der Waals surface area contributed by atoms with Crippen LogP contribution in [0.4, 0.5) is 0 Å². The van der Waals surface area contributed by atoms with Crippen molar-refractivity contribution in [1.29, 1.82) is 0 Å². The molecule has 5 nitrogen and oxygen atoms in total. The van der Waals surface area contributed by atoms with Crippen molar-refractivity contribution in [3.63, 3.8) is 0 Å². The average molecular weight is 425 g/mol. The Balaban J connectivity index is 1.81. The van der Waals surface area contributed by atoms with Crippen LogP contribution in [0.5, 0.6) is 0 Å². The molecule has 5 rings (SSSR count). The summed E-state index contributed by atoms with van der Waals surface area (Å²) < 4.78 is 0. The summed E-state index contributed by atoms with van der Waals surface area (Å²) in [5, 5.41) is 14.2. The number of aryl methyl sites for hydroxylation is 1. The number of benzene rings is 3. The van der Waals surface area contributed by atoms with Crippen molar-refractivity contribution >= 4 is 39.1 Å². The van der Waals surface area contributed by atoms with E-state index in [0.717, 1.165) is 32.9 Å². The highest BCUT2D eigenvalue weighted by atomic mass is 16.3. The van der Waals surface area contributed by atoms with Crippen LogP contribution in [0.1, 0.15) is 36.2 Å². The van der Waals surface area contributed by atoms with Gasteiger partial charge in [-0.05, 0) is 30.2 Å². The maximum absolute atomic E-state index is 13.3. The van der Waals surface area contributed by atoms with Crippen LogP contribution in [0, 0.1) is 6.92 Å². The number of nitrogens with zero attached hydrogens (tertiary/aromatic N) is 1. The molecule has 2 heterocycles. The lowest BCUT2D eigenvalue weighted by atomic mass is 9.92. The number of carbonyl (C=O) groups excluding carboxylic acids is 2. The Morgan fingerprint density at radius 2 is 1.66 bits per heavy atom. The second-order valence-electron chi connectivity index (χ2n) is 8.23. The number of rotatable bonds is 4. The largest absolute Gasteiger partial charge is 0.507 e. The number of aliphatic hydroxyl groups is 1. The number of H-pyrrole nitrogens is 1. The van der Waals surface area contributed by atoms with Crippen molar-refractivity contribution < 1.29 is 14.7 Å². The zero-order valence-electron chi connectivity index (χ0n) is 18.1. The number of hydrogen-bond acceptors (Lipinski definition) is 3. The molecule has 32 heavy (non-hydrogen) atoms. The smallest absolute Gasteiger partial charge is 0.295 e. The van der Waals surface area contributed by atoms with Gasteiger partial charge in [-0.15, -0.1) is 0 Å². The van der Waals surface area contributed by atoms with Crippen molar-refractivity contribution in [3.8, 4) is 0 Å². The molecule has 1 amide bonds. The van der Waals surface area contributed by atoms with Gasteiger partial charge in [0.1, 0.15) is 5.76 Å². The van der Waals surface area contributed by atoms with E-state index < -0.39 is 17.7 Å². The summed E-state index contributed by atoms with van der Waals surface area (Å²) >= 11 is 0. The Hall–Kier alpha value is -3.86. The van der Waals surface area contributed by atoms with E-state index >= 15 is 0 Å². The zero-order valence-corrected chi connectivity index (χ0v) is 18.1. The molecule has 0 radical (unpaired) electrons. The van der Waals surface area contributed by atoms with E-state index in [9.17, 15) is 14.7 Å². The summed E-state index contributed by atoms with van der Waals surface area (Å²) in [4.78, 5) is 31.3. The molecule has 1 atom stereocenters. The maximum Gasteiger partial charge on any atom is 0.295 e. The second kappa shape index (κ2) is 7.68. The predicted octanol–water partition coefficient (Wildman–Crippen LogP) is 5.46.